The standard InChI is InChI=1S/C25H25N3O2/c1-16-14-18(15-26-28-23(29)21-8-6-7-9-22(21)24(28)30)17(2)27(16)20-12-10-19(11-13-20)25(3,4)5/h6-15H,1-5H3/b26-15-. The van der Waals surface area contributed by atoms with E-state index in [4.69, 9.17) is 0 Å². The molecule has 0 saturated carbocycles. The van der Waals surface area contributed by atoms with Crippen molar-refractivity contribution in [3.05, 3.63) is 88.2 Å². The van der Waals surface area contributed by atoms with Crippen LogP contribution in [0.1, 0.15) is 64.0 Å². The van der Waals surface area contributed by atoms with Crippen molar-refractivity contribution in [2.24, 2.45) is 5.10 Å². The molecule has 1 aliphatic rings. The van der Waals surface area contributed by atoms with E-state index >= 15 is 0 Å². The summed E-state index contributed by atoms with van der Waals surface area (Å²) in [7, 11) is 0. The second-order valence-electron chi connectivity index (χ2n) is 8.67. The van der Waals surface area contributed by atoms with Gasteiger partial charge in [-0.3, -0.25) is 9.59 Å². The SMILES string of the molecule is Cc1cc(/C=N\N2C(=O)c3ccccc3C2=O)c(C)n1-c1ccc(C(C)(C)C)cc1. The summed E-state index contributed by atoms with van der Waals surface area (Å²) in [5.41, 5.74) is 6.15. The molecule has 0 fully saturated rings. The van der Waals surface area contributed by atoms with E-state index in [-0.39, 0.29) is 5.41 Å². The molecule has 4 rings (SSSR count). The van der Waals surface area contributed by atoms with E-state index < -0.39 is 11.8 Å². The van der Waals surface area contributed by atoms with Crippen LogP contribution in [0, 0.1) is 13.8 Å². The zero-order valence-corrected chi connectivity index (χ0v) is 17.9. The van der Waals surface area contributed by atoms with Crippen LogP contribution in [0.15, 0.2) is 59.7 Å². The van der Waals surface area contributed by atoms with Gasteiger partial charge in [-0.2, -0.15) is 10.1 Å². The van der Waals surface area contributed by atoms with Crippen molar-refractivity contribution < 1.29 is 9.59 Å². The number of rotatable bonds is 3. The highest BCUT2D eigenvalue weighted by molar-refractivity contribution is 6.21. The second-order valence-corrected chi connectivity index (χ2v) is 8.67. The Bertz CT molecular complexity index is 1140. The molecule has 2 heterocycles. The second kappa shape index (κ2) is 7.10. The fourth-order valence-electron chi connectivity index (χ4n) is 3.83. The van der Waals surface area contributed by atoms with Gasteiger partial charge in [-0.15, -0.1) is 0 Å². The van der Waals surface area contributed by atoms with Gasteiger partial charge in [0.2, 0.25) is 0 Å². The number of aryl methyl sites for hydroxylation is 1. The highest BCUT2D eigenvalue weighted by Gasteiger charge is 2.35. The minimum absolute atomic E-state index is 0.101. The molecule has 0 atom stereocenters. The number of fused-ring (bicyclic) bond motifs is 1. The minimum atomic E-state index is -0.390. The monoisotopic (exact) mass is 399 g/mol. The molecular weight excluding hydrogens is 374 g/mol. The van der Waals surface area contributed by atoms with Gasteiger partial charge in [0.25, 0.3) is 11.8 Å². The van der Waals surface area contributed by atoms with E-state index in [9.17, 15) is 9.59 Å². The Balaban J connectivity index is 1.63. The molecule has 0 saturated heterocycles. The molecule has 2 aromatic carbocycles. The summed E-state index contributed by atoms with van der Waals surface area (Å²) in [5, 5.41) is 5.16. The molecular formula is C25H25N3O2. The molecule has 1 aliphatic heterocycles. The lowest BCUT2D eigenvalue weighted by atomic mass is 9.87. The number of hydrogen-bond acceptors (Lipinski definition) is 3. The molecule has 3 aromatic rings. The van der Waals surface area contributed by atoms with E-state index in [1.165, 1.54) is 5.56 Å². The molecule has 0 unspecified atom stereocenters. The predicted octanol–water partition coefficient (Wildman–Crippen LogP) is 5.02. The molecule has 0 bridgehead atoms. The average molecular weight is 399 g/mol. The lowest BCUT2D eigenvalue weighted by Gasteiger charge is -2.20. The van der Waals surface area contributed by atoms with E-state index in [1.807, 2.05) is 19.9 Å². The summed E-state index contributed by atoms with van der Waals surface area (Å²) in [6.45, 7) is 10.6. The molecule has 0 N–H and O–H groups in total. The summed E-state index contributed by atoms with van der Waals surface area (Å²) in [4.78, 5) is 25.0. The summed E-state index contributed by atoms with van der Waals surface area (Å²) >= 11 is 0. The Morgan fingerprint density at radius 1 is 0.867 bits per heavy atom. The summed E-state index contributed by atoms with van der Waals surface area (Å²) in [6, 6.07) is 17.3. The first-order valence-electron chi connectivity index (χ1n) is 10.00. The maximum absolute atomic E-state index is 12.5. The third kappa shape index (κ3) is 3.26. The number of aromatic nitrogens is 1. The molecule has 0 spiro atoms. The van der Waals surface area contributed by atoms with Gasteiger partial charge < -0.3 is 4.57 Å². The molecule has 5 nitrogen and oxygen atoms in total. The van der Waals surface area contributed by atoms with Gasteiger partial charge in [-0.25, -0.2) is 0 Å². The third-order valence-electron chi connectivity index (χ3n) is 5.55. The smallest absolute Gasteiger partial charge is 0.282 e. The van der Waals surface area contributed by atoms with Crippen molar-refractivity contribution in [2.45, 2.75) is 40.0 Å². The topological polar surface area (TPSA) is 54.7 Å². The van der Waals surface area contributed by atoms with Gasteiger partial charge in [0, 0.05) is 22.6 Å². The Kier molecular flexibility index (Phi) is 4.69. The van der Waals surface area contributed by atoms with Gasteiger partial charge in [0.1, 0.15) is 0 Å². The van der Waals surface area contributed by atoms with Crippen LogP contribution in [0.2, 0.25) is 0 Å². The Labute approximate surface area is 176 Å². The van der Waals surface area contributed by atoms with Crippen LogP contribution in [-0.2, 0) is 5.41 Å². The highest BCUT2D eigenvalue weighted by atomic mass is 16.2. The number of hydrazone groups is 1. The quantitative estimate of drug-likeness (QED) is 0.459. The Hall–Kier alpha value is -3.47. The van der Waals surface area contributed by atoms with Crippen molar-refractivity contribution in [3.63, 3.8) is 0 Å². The normalized spacial score (nSPS) is 14.1. The number of nitrogens with zero attached hydrogens (tertiary/aromatic N) is 3. The Morgan fingerprint density at radius 3 is 1.97 bits per heavy atom. The van der Waals surface area contributed by atoms with Crippen LogP contribution in [-0.4, -0.2) is 27.6 Å². The van der Waals surface area contributed by atoms with Crippen LogP contribution in [0.5, 0.6) is 0 Å². The third-order valence-corrected chi connectivity index (χ3v) is 5.55. The number of amides is 2. The van der Waals surface area contributed by atoms with Gasteiger partial charge >= 0.3 is 0 Å². The largest absolute Gasteiger partial charge is 0.318 e. The zero-order chi connectivity index (χ0) is 21.6. The average Bonchev–Trinajstić information content (AvgIpc) is 3.13. The van der Waals surface area contributed by atoms with Gasteiger partial charge in [-0.05, 0) is 55.2 Å². The van der Waals surface area contributed by atoms with Crippen molar-refractivity contribution in [1.29, 1.82) is 0 Å². The van der Waals surface area contributed by atoms with Crippen molar-refractivity contribution in [3.8, 4) is 5.69 Å². The van der Waals surface area contributed by atoms with Crippen LogP contribution in [0.3, 0.4) is 0 Å². The van der Waals surface area contributed by atoms with E-state index in [0.717, 1.165) is 27.6 Å². The number of carbonyl (C=O) groups excluding carboxylic acids is 2. The molecule has 1 aromatic heterocycles. The number of carbonyl (C=O) groups is 2. The van der Waals surface area contributed by atoms with E-state index in [0.29, 0.717) is 11.1 Å². The van der Waals surface area contributed by atoms with Crippen molar-refractivity contribution in [2.75, 3.05) is 0 Å². The first-order valence-corrected chi connectivity index (χ1v) is 10.00. The lowest BCUT2D eigenvalue weighted by molar-refractivity contribution is 0.0660. The molecule has 2 amide bonds. The van der Waals surface area contributed by atoms with Crippen LogP contribution >= 0.6 is 0 Å². The minimum Gasteiger partial charge on any atom is -0.318 e. The molecule has 30 heavy (non-hydrogen) atoms. The fourth-order valence-corrected chi connectivity index (χ4v) is 3.83. The van der Waals surface area contributed by atoms with Crippen LogP contribution in [0.4, 0.5) is 0 Å². The van der Waals surface area contributed by atoms with Crippen molar-refractivity contribution >= 4 is 18.0 Å². The van der Waals surface area contributed by atoms with Gasteiger partial charge in [0.15, 0.2) is 0 Å². The number of imide groups is 1. The maximum atomic E-state index is 12.5. The van der Waals surface area contributed by atoms with Crippen molar-refractivity contribution in [1.82, 2.24) is 9.58 Å². The maximum Gasteiger partial charge on any atom is 0.282 e. The van der Waals surface area contributed by atoms with E-state index in [2.05, 4.69) is 54.7 Å². The fraction of sp³-hybridized carbons (Fsp3) is 0.240. The number of hydrogen-bond donors (Lipinski definition) is 0. The van der Waals surface area contributed by atoms with Gasteiger partial charge in [-0.1, -0.05) is 45.0 Å². The predicted molar refractivity (Wildman–Crippen MR) is 118 cm³/mol. The Morgan fingerprint density at radius 2 is 1.43 bits per heavy atom. The molecule has 152 valence electrons. The first kappa shape index (κ1) is 19.8. The first-order chi connectivity index (χ1) is 14.2. The lowest BCUT2D eigenvalue weighted by Crippen LogP contribution is -2.24. The molecule has 5 heteroatoms. The van der Waals surface area contributed by atoms with Crippen LogP contribution < -0.4 is 0 Å². The zero-order valence-electron chi connectivity index (χ0n) is 17.9. The molecule has 0 radical (unpaired) electrons. The molecule has 0 aliphatic carbocycles. The van der Waals surface area contributed by atoms with E-state index in [1.54, 1.807) is 30.5 Å². The summed E-state index contributed by atoms with van der Waals surface area (Å²) < 4.78 is 2.15. The highest BCUT2D eigenvalue weighted by Crippen LogP contribution is 2.26. The van der Waals surface area contributed by atoms with Crippen LogP contribution in [0.25, 0.3) is 5.69 Å². The summed E-state index contributed by atoms with van der Waals surface area (Å²) in [6.07, 6.45) is 1.59. The summed E-state index contributed by atoms with van der Waals surface area (Å²) in [5.74, 6) is -0.781. The number of benzene rings is 2. The van der Waals surface area contributed by atoms with Gasteiger partial charge in [0.05, 0.1) is 17.3 Å².